The van der Waals surface area contributed by atoms with Crippen molar-refractivity contribution in [2.24, 2.45) is 17.8 Å². The smallest absolute Gasteiger partial charge is 0.311 e. The average Bonchev–Trinajstić information content (AvgIpc) is 2.37. The molecule has 0 aromatic heterocycles. The summed E-state index contributed by atoms with van der Waals surface area (Å²) in [5, 5.41) is 3.14. The van der Waals surface area contributed by atoms with Crippen molar-refractivity contribution in [2.45, 2.75) is 57.9 Å². The van der Waals surface area contributed by atoms with Crippen LogP contribution in [0.1, 0.15) is 52.4 Å². The molecule has 0 unspecified atom stereocenters. The second-order valence-electron chi connectivity index (χ2n) is 7.13. The Bertz CT molecular complexity index is 379. The molecule has 0 heterocycles. The maximum Gasteiger partial charge on any atom is 0.311 e. The van der Waals surface area contributed by atoms with Gasteiger partial charge in [0.25, 0.3) is 0 Å². The number of nitrogens with zero attached hydrogens (tertiary/aromatic N) is 1. The van der Waals surface area contributed by atoms with Crippen molar-refractivity contribution >= 4 is 11.8 Å². The van der Waals surface area contributed by atoms with E-state index in [0.717, 1.165) is 37.0 Å². The molecule has 4 heteroatoms. The number of carbonyl (C=O) groups excluding carboxylic acids is 2. The number of hydrogen-bond acceptors (Lipinski definition) is 2. The quantitative estimate of drug-likeness (QED) is 0.802. The molecule has 4 rings (SSSR count). The van der Waals surface area contributed by atoms with E-state index in [1.165, 1.54) is 19.3 Å². The number of nitrogens with one attached hydrogen (secondary N) is 1. The molecule has 4 aliphatic carbocycles. The Morgan fingerprint density at radius 2 is 1.45 bits per heavy atom. The summed E-state index contributed by atoms with van der Waals surface area (Å²) in [5.74, 6) is 1.61. The Kier molecular flexibility index (Phi) is 3.51. The zero-order chi connectivity index (χ0) is 14.3. The lowest BCUT2D eigenvalue weighted by molar-refractivity contribution is -0.148. The van der Waals surface area contributed by atoms with Crippen molar-refractivity contribution < 1.29 is 9.59 Å². The standard InChI is InChI=1S/C16H26N2O2/c1-3-18(4-2)15(20)14(19)17-16-8-11-5-12(9-16)7-13(6-11)10-16/h11-13H,3-10H2,1-2H3,(H,17,19). The van der Waals surface area contributed by atoms with Crippen molar-refractivity contribution in [3.63, 3.8) is 0 Å². The summed E-state index contributed by atoms with van der Waals surface area (Å²) in [6, 6.07) is 0. The van der Waals surface area contributed by atoms with Gasteiger partial charge in [-0.15, -0.1) is 0 Å². The van der Waals surface area contributed by atoms with Crippen LogP contribution in [-0.4, -0.2) is 35.3 Å². The zero-order valence-electron chi connectivity index (χ0n) is 12.7. The van der Waals surface area contributed by atoms with E-state index in [1.807, 2.05) is 13.8 Å². The highest BCUT2D eigenvalue weighted by Gasteiger charge is 2.52. The summed E-state index contributed by atoms with van der Waals surface area (Å²) in [4.78, 5) is 26.0. The number of rotatable bonds is 3. The Morgan fingerprint density at radius 3 is 1.85 bits per heavy atom. The molecule has 4 fully saturated rings. The fourth-order valence-corrected chi connectivity index (χ4v) is 5.21. The predicted molar refractivity (Wildman–Crippen MR) is 77.0 cm³/mol. The van der Waals surface area contributed by atoms with Gasteiger partial charge in [0.15, 0.2) is 0 Å². The lowest BCUT2D eigenvalue weighted by atomic mass is 9.53. The monoisotopic (exact) mass is 278 g/mol. The van der Waals surface area contributed by atoms with Crippen LogP contribution >= 0.6 is 0 Å². The van der Waals surface area contributed by atoms with Gasteiger partial charge in [-0.25, -0.2) is 0 Å². The Balaban J connectivity index is 1.68. The minimum absolute atomic E-state index is 0.0609. The Hall–Kier alpha value is -1.06. The summed E-state index contributed by atoms with van der Waals surface area (Å²) < 4.78 is 0. The van der Waals surface area contributed by atoms with Gasteiger partial charge >= 0.3 is 11.8 Å². The maximum atomic E-state index is 12.3. The van der Waals surface area contributed by atoms with Crippen molar-refractivity contribution in [3.8, 4) is 0 Å². The first kappa shape index (κ1) is 13.9. The van der Waals surface area contributed by atoms with Gasteiger partial charge in [0.2, 0.25) is 0 Å². The molecule has 0 aromatic carbocycles. The Morgan fingerprint density at radius 1 is 1.00 bits per heavy atom. The third-order valence-corrected chi connectivity index (χ3v) is 5.66. The first-order valence-electron chi connectivity index (χ1n) is 8.16. The molecule has 0 atom stereocenters. The van der Waals surface area contributed by atoms with Crippen LogP contribution in [0, 0.1) is 17.8 Å². The van der Waals surface area contributed by atoms with E-state index in [2.05, 4.69) is 5.32 Å². The molecule has 20 heavy (non-hydrogen) atoms. The maximum absolute atomic E-state index is 12.3. The lowest BCUT2D eigenvalue weighted by Crippen LogP contribution is -2.61. The number of carbonyl (C=O) groups is 2. The third-order valence-electron chi connectivity index (χ3n) is 5.66. The summed E-state index contributed by atoms with van der Waals surface area (Å²) in [5.41, 5.74) is -0.0609. The Labute approximate surface area is 121 Å². The van der Waals surface area contributed by atoms with Crippen molar-refractivity contribution in [3.05, 3.63) is 0 Å². The van der Waals surface area contributed by atoms with E-state index >= 15 is 0 Å². The molecule has 4 bridgehead atoms. The first-order chi connectivity index (χ1) is 9.55. The normalized spacial score (nSPS) is 37.8. The minimum Gasteiger partial charge on any atom is -0.342 e. The summed E-state index contributed by atoms with van der Waals surface area (Å²) in [7, 11) is 0. The van der Waals surface area contributed by atoms with Gasteiger partial charge in [-0.1, -0.05) is 0 Å². The van der Waals surface area contributed by atoms with Gasteiger partial charge in [-0.2, -0.15) is 0 Å². The number of hydrogen-bond donors (Lipinski definition) is 1. The molecule has 112 valence electrons. The molecule has 4 aliphatic rings. The van der Waals surface area contributed by atoms with Gasteiger partial charge in [-0.05, 0) is 70.1 Å². The van der Waals surface area contributed by atoms with E-state index in [4.69, 9.17) is 0 Å². The molecule has 0 spiro atoms. The molecule has 2 amide bonds. The molecule has 1 N–H and O–H groups in total. The fraction of sp³-hybridized carbons (Fsp3) is 0.875. The average molecular weight is 278 g/mol. The summed E-state index contributed by atoms with van der Waals surface area (Å²) >= 11 is 0. The van der Waals surface area contributed by atoms with Crippen LogP contribution < -0.4 is 5.32 Å². The van der Waals surface area contributed by atoms with Gasteiger partial charge in [0.05, 0.1) is 0 Å². The van der Waals surface area contributed by atoms with Crippen LogP contribution in [0.4, 0.5) is 0 Å². The summed E-state index contributed by atoms with van der Waals surface area (Å²) in [6.45, 7) is 5.03. The van der Waals surface area contributed by atoms with Crippen LogP contribution in [0.15, 0.2) is 0 Å². The lowest BCUT2D eigenvalue weighted by Gasteiger charge is -2.56. The molecule has 0 radical (unpaired) electrons. The highest BCUT2D eigenvalue weighted by Crippen LogP contribution is 2.55. The van der Waals surface area contributed by atoms with Crippen molar-refractivity contribution in [2.75, 3.05) is 13.1 Å². The van der Waals surface area contributed by atoms with Crippen LogP contribution in [0.25, 0.3) is 0 Å². The van der Waals surface area contributed by atoms with Gasteiger partial charge < -0.3 is 10.2 Å². The molecular formula is C16H26N2O2. The highest BCUT2D eigenvalue weighted by molar-refractivity contribution is 6.35. The molecule has 0 aliphatic heterocycles. The second-order valence-corrected chi connectivity index (χ2v) is 7.13. The number of amides is 2. The number of likely N-dealkylation sites (N-methyl/N-ethyl adjacent to an activating group) is 1. The molecular weight excluding hydrogens is 252 g/mol. The van der Waals surface area contributed by atoms with E-state index in [-0.39, 0.29) is 17.4 Å². The largest absolute Gasteiger partial charge is 0.342 e. The van der Waals surface area contributed by atoms with Crippen molar-refractivity contribution in [1.29, 1.82) is 0 Å². The molecule has 0 saturated heterocycles. The fourth-order valence-electron chi connectivity index (χ4n) is 5.21. The molecule has 0 aromatic rings. The SMILES string of the molecule is CCN(CC)C(=O)C(=O)NC12CC3CC(CC(C3)C1)C2. The van der Waals surface area contributed by atoms with Crippen molar-refractivity contribution in [1.82, 2.24) is 10.2 Å². The molecule has 4 saturated carbocycles. The second kappa shape index (κ2) is 5.05. The van der Waals surface area contributed by atoms with Crippen LogP contribution in [0.3, 0.4) is 0 Å². The highest BCUT2D eigenvalue weighted by atomic mass is 16.2. The van der Waals surface area contributed by atoms with E-state index < -0.39 is 0 Å². The van der Waals surface area contributed by atoms with Gasteiger partial charge in [0, 0.05) is 18.6 Å². The topological polar surface area (TPSA) is 49.4 Å². The van der Waals surface area contributed by atoms with Crippen LogP contribution in [0.5, 0.6) is 0 Å². The van der Waals surface area contributed by atoms with E-state index in [0.29, 0.717) is 13.1 Å². The van der Waals surface area contributed by atoms with Crippen LogP contribution in [0.2, 0.25) is 0 Å². The summed E-state index contributed by atoms with van der Waals surface area (Å²) in [6.07, 6.45) is 7.32. The van der Waals surface area contributed by atoms with Crippen LogP contribution in [-0.2, 0) is 9.59 Å². The predicted octanol–water partition coefficient (Wildman–Crippen LogP) is 1.94. The van der Waals surface area contributed by atoms with Gasteiger partial charge in [-0.3, -0.25) is 9.59 Å². The third kappa shape index (κ3) is 2.33. The van der Waals surface area contributed by atoms with Gasteiger partial charge in [0.1, 0.15) is 0 Å². The molecule has 4 nitrogen and oxygen atoms in total. The minimum atomic E-state index is -0.379. The zero-order valence-corrected chi connectivity index (χ0v) is 12.7. The first-order valence-corrected chi connectivity index (χ1v) is 8.16. The van der Waals surface area contributed by atoms with E-state index in [9.17, 15) is 9.59 Å². The van der Waals surface area contributed by atoms with E-state index in [1.54, 1.807) is 4.90 Å².